The van der Waals surface area contributed by atoms with Gasteiger partial charge in [-0.3, -0.25) is 0 Å². The summed E-state index contributed by atoms with van der Waals surface area (Å²) in [5.41, 5.74) is 14.8. The van der Waals surface area contributed by atoms with Crippen molar-refractivity contribution in [2.45, 2.75) is 112 Å². The summed E-state index contributed by atoms with van der Waals surface area (Å²) >= 11 is -6.54. The molecule has 0 aliphatic heterocycles. The van der Waals surface area contributed by atoms with Gasteiger partial charge in [-0.2, -0.15) is 0 Å². The number of hydrogen-bond donors (Lipinski definition) is 0. The van der Waals surface area contributed by atoms with Crippen molar-refractivity contribution in [3.63, 3.8) is 0 Å². The van der Waals surface area contributed by atoms with Gasteiger partial charge < -0.3 is 0 Å². The van der Waals surface area contributed by atoms with Gasteiger partial charge in [0.1, 0.15) is 0 Å². The Labute approximate surface area is 376 Å². The third-order valence-electron chi connectivity index (χ3n) is 14.5. The molecular formula is C58H67O2SiZr. The monoisotopic (exact) mass is 913 g/mol. The molecule has 0 saturated carbocycles. The molecule has 0 fully saturated rings. The number of fused-ring (bicyclic) bond motifs is 2. The zero-order valence-corrected chi connectivity index (χ0v) is 42.9. The van der Waals surface area contributed by atoms with Crippen LogP contribution >= 0.6 is 0 Å². The summed E-state index contributed by atoms with van der Waals surface area (Å²) in [7, 11) is 0. The maximum absolute atomic E-state index is 9.29. The first-order valence-electron chi connectivity index (χ1n) is 23.0. The molecule has 0 saturated heterocycles. The van der Waals surface area contributed by atoms with Crippen molar-refractivity contribution in [2.75, 3.05) is 0 Å². The molecule has 0 spiro atoms. The number of benzene rings is 6. The van der Waals surface area contributed by atoms with E-state index in [1.165, 1.54) is 66.8 Å². The Kier molecular flexibility index (Phi) is 11.3. The molecule has 0 aromatic heterocycles. The molecule has 2 aliphatic rings. The van der Waals surface area contributed by atoms with Gasteiger partial charge >= 0.3 is 379 Å². The summed E-state index contributed by atoms with van der Waals surface area (Å²) < 4.78 is 17.0. The fourth-order valence-electron chi connectivity index (χ4n) is 12.1. The van der Waals surface area contributed by atoms with Crippen molar-refractivity contribution < 1.29 is 24.4 Å². The van der Waals surface area contributed by atoms with Crippen molar-refractivity contribution in [3.05, 3.63) is 212 Å². The van der Waals surface area contributed by atoms with E-state index in [2.05, 4.69) is 240 Å². The van der Waals surface area contributed by atoms with Gasteiger partial charge in [0, 0.05) is 0 Å². The van der Waals surface area contributed by atoms with Crippen LogP contribution in [0.25, 0.3) is 12.2 Å². The molecule has 319 valence electrons. The van der Waals surface area contributed by atoms with Crippen LogP contribution < -0.4 is 5.63 Å². The minimum atomic E-state index is -6.54. The SMILES string of the molecule is CCC1=Cc2ccccc2[C]1(c1ccccc1)[Zr]([O]c1ccc(C)cc1C(C)(C)C)([O]c1ccc(C)cc1C(C)(C)C)([SiH](C)C)[C]1(c2ccccc2)C(CC)=Cc2ccccc21. The van der Waals surface area contributed by atoms with Crippen LogP contribution in [0.15, 0.2) is 157 Å². The summed E-state index contributed by atoms with van der Waals surface area (Å²) in [5.74, 6) is -0.492. The predicted octanol–water partition coefficient (Wildman–Crippen LogP) is 15.4. The van der Waals surface area contributed by atoms with Crippen molar-refractivity contribution in [2.24, 2.45) is 0 Å². The molecule has 0 amide bonds. The Morgan fingerprint density at radius 1 is 0.484 bits per heavy atom. The third kappa shape index (κ3) is 6.17. The summed E-state index contributed by atoms with van der Waals surface area (Å²) in [4.78, 5) is 0. The Morgan fingerprint density at radius 2 is 0.839 bits per heavy atom. The molecule has 0 N–H and O–H groups in total. The van der Waals surface area contributed by atoms with Crippen LogP contribution in [-0.4, -0.2) is 5.92 Å². The van der Waals surface area contributed by atoms with Crippen LogP contribution in [-0.2, 0) is 35.9 Å². The van der Waals surface area contributed by atoms with Crippen LogP contribution in [0.1, 0.15) is 124 Å². The molecule has 0 radical (unpaired) electrons. The topological polar surface area (TPSA) is 18.5 Å². The molecule has 8 rings (SSSR count). The average molecular weight is 915 g/mol. The summed E-state index contributed by atoms with van der Waals surface area (Å²) in [6.45, 7) is 28.4. The second kappa shape index (κ2) is 15.9. The van der Waals surface area contributed by atoms with Gasteiger partial charge in [0.2, 0.25) is 0 Å². The normalized spacial score (nSPS) is 19.3. The Morgan fingerprint density at radius 3 is 1.18 bits per heavy atom. The molecule has 0 heterocycles. The predicted molar refractivity (Wildman–Crippen MR) is 264 cm³/mol. The zero-order chi connectivity index (χ0) is 44.3. The van der Waals surface area contributed by atoms with E-state index in [1.807, 2.05) is 0 Å². The van der Waals surface area contributed by atoms with Crippen molar-refractivity contribution >= 4 is 18.1 Å². The first kappa shape index (κ1) is 44.1. The summed E-state index contributed by atoms with van der Waals surface area (Å²) in [6.07, 6.45) is 6.74. The first-order chi connectivity index (χ1) is 29.5. The number of hydrogen-bond acceptors (Lipinski definition) is 2. The minimum absolute atomic E-state index is 0.229. The van der Waals surface area contributed by atoms with Crippen LogP contribution in [0.2, 0.25) is 13.1 Å². The molecule has 2 aliphatic carbocycles. The van der Waals surface area contributed by atoms with Crippen molar-refractivity contribution in [1.29, 1.82) is 0 Å². The van der Waals surface area contributed by atoms with Crippen LogP contribution in [0.3, 0.4) is 0 Å². The van der Waals surface area contributed by atoms with E-state index < -0.39 is 31.0 Å². The Hall–Kier alpha value is -4.50. The quantitative estimate of drug-likeness (QED) is 0.121. The van der Waals surface area contributed by atoms with E-state index in [9.17, 15) is 5.63 Å². The zero-order valence-electron chi connectivity index (χ0n) is 39.3. The molecule has 6 aromatic carbocycles. The van der Waals surface area contributed by atoms with Gasteiger partial charge in [0.15, 0.2) is 0 Å². The van der Waals surface area contributed by atoms with E-state index in [1.54, 1.807) is 0 Å². The summed E-state index contributed by atoms with van der Waals surface area (Å²) in [6, 6.07) is 55.5. The summed E-state index contributed by atoms with van der Waals surface area (Å²) in [5, 5.41) is 0. The van der Waals surface area contributed by atoms with E-state index in [0.29, 0.717) is 0 Å². The fourth-order valence-corrected chi connectivity index (χ4v) is 55.4. The van der Waals surface area contributed by atoms with Gasteiger partial charge in [-0.15, -0.1) is 0 Å². The molecule has 62 heavy (non-hydrogen) atoms. The number of allylic oxidation sites excluding steroid dienone is 2. The van der Waals surface area contributed by atoms with E-state index >= 15 is 0 Å². The van der Waals surface area contributed by atoms with Crippen molar-refractivity contribution in [1.82, 2.24) is 0 Å². The Balaban J connectivity index is 1.80. The van der Waals surface area contributed by atoms with E-state index in [4.69, 9.17) is 0 Å². The molecule has 6 aromatic rings. The van der Waals surface area contributed by atoms with Gasteiger partial charge in [-0.25, -0.2) is 0 Å². The van der Waals surface area contributed by atoms with Crippen LogP contribution in [0, 0.1) is 13.8 Å². The third-order valence-corrected chi connectivity index (χ3v) is 53.0. The van der Waals surface area contributed by atoms with Crippen LogP contribution in [0.5, 0.6) is 11.5 Å². The van der Waals surface area contributed by atoms with Gasteiger partial charge in [0.25, 0.3) is 0 Å². The standard InChI is InChI=1S/2C17H15.2C11H16O.C2H7Si.Zr/c2*1-2-13-12-15-10-6-7-11-16(15)17(13)14-8-4-3-5-9-14;2*1-8-5-6-10(12)9(7-8)11(2,3)4;1-3-2;/h2*3-12H,2H2,1H3;2*5-7,12H,1-4H3;3H,1-2H3;/q;;;;;+2/p-2. The van der Waals surface area contributed by atoms with Gasteiger partial charge in [-0.1, -0.05) is 0 Å². The van der Waals surface area contributed by atoms with Crippen molar-refractivity contribution in [3.8, 4) is 11.5 Å². The molecular weight excluding hydrogens is 848 g/mol. The van der Waals surface area contributed by atoms with Crippen LogP contribution in [0.4, 0.5) is 0 Å². The molecule has 2 nitrogen and oxygen atoms in total. The fraction of sp³-hybridized carbons (Fsp3) is 0.310. The number of rotatable bonds is 11. The van der Waals surface area contributed by atoms with Gasteiger partial charge in [0.05, 0.1) is 0 Å². The second-order valence-corrected chi connectivity index (χ2v) is 47.8. The van der Waals surface area contributed by atoms with E-state index in [-0.39, 0.29) is 10.8 Å². The molecule has 2 unspecified atom stereocenters. The second-order valence-electron chi connectivity index (χ2n) is 20.5. The molecule has 0 bridgehead atoms. The number of aryl methyl sites for hydroxylation is 2. The van der Waals surface area contributed by atoms with Gasteiger partial charge in [-0.05, 0) is 0 Å². The average Bonchev–Trinajstić information content (AvgIpc) is 3.79. The molecule has 4 heteroatoms. The van der Waals surface area contributed by atoms with E-state index in [0.717, 1.165) is 24.3 Å². The maximum atomic E-state index is 9.29. The first-order valence-corrected chi connectivity index (χ1v) is 34.6. The Bertz CT molecular complexity index is 2510. The molecule has 2 atom stereocenters.